The lowest BCUT2D eigenvalue weighted by Gasteiger charge is -2.25. The van der Waals surface area contributed by atoms with Crippen LogP contribution in [0.5, 0.6) is 5.75 Å². The number of hydrogen-bond donors (Lipinski definition) is 9. The van der Waals surface area contributed by atoms with E-state index in [0.717, 1.165) is 0 Å². The second-order valence-electron chi connectivity index (χ2n) is 8.68. The van der Waals surface area contributed by atoms with Crippen molar-refractivity contribution in [3.05, 3.63) is 29.8 Å². The highest BCUT2D eigenvalue weighted by Crippen LogP contribution is 2.12. The molecule has 0 aliphatic heterocycles. The smallest absolute Gasteiger partial charge is 0.326 e. The van der Waals surface area contributed by atoms with Crippen LogP contribution in [0.2, 0.25) is 0 Å². The molecule has 1 aromatic rings. The maximum atomic E-state index is 13.1. The number of carboxylic acid groups (broad SMARTS) is 1. The fraction of sp³-hybridized carbons (Fsp3) is 0.435. The lowest BCUT2D eigenvalue weighted by atomic mass is 10.0. The van der Waals surface area contributed by atoms with E-state index in [1.54, 1.807) is 0 Å². The van der Waals surface area contributed by atoms with Gasteiger partial charge >= 0.3 is 5.97 Å². The lowest BCUT2D eigenvalue weighted by molar-refractivity contribution is -0.142. The number of carboxylic acids is 1. The molecule has 6 amide bonds. The van der Waals surface area contributed by atoms with Gasteiger partial charge in [0.25, 0.3) is 0 Å². The molecular formula is C23H33N7O9. The van der Waals surface area contributed by atoms with Crippen LogP contribution in [0.4, 0.5) is 0 Å². The van der Waals surface area contributed by atoms with Gasteiger partial charge < -0.3 is 49.1 Å². The largest absolute Gasteiger partial charge is 0.508 e. The topological polar surface area (TPSA) is 300 Å². The van der Waals surface area contributed by atoms with Crippen molar-refractivity contribution in [2.75, 3.05) is 0 Å². The van der Waals surface area contributed by atoms with E-state index in [1.807, 2.05) is 0 Å². The van der Waals surface area contributed by atoms with Gasteiger partial charge in [-0.05, 0) is 30.5 Å². The van der Waals surface area contributed by atoms with Crippen LogP contribution in [0.15, 0.2) is 24.3 Å². The molecule has 0 fully saturated rings. The number of nitrogens with one attached hydrogen (secondary N) is 3. The number of nitrogens with two attached hydrogens (primary N) is 4. The van der Waals surface area contributed by atoms with Crippen molar-refractivity contribution in [1.82, 2.24) is 16.0 Å². The molecule has 0 saturated heterocycles. The average molecular weight is 552 g/mol. The molecule has 13 N–H and O–H groups in total. The molecule has 0 aromatic heterocycles. The maximum absolute atomic E-state index is 13.1. The number of carbonyl (C=O) groups is 7. The summed E-state index contributed by atoms with van der Waals surface area (Å²) in [7, 11) is 0. The van der Waals surface area contributed by atoms with E-state index in [4.69, 9.17) is 22.9 Å². The van der Waals surface area contributed by atoms with E-state index in [2.05, 4.69) is 16.0 Å². The van der Waals surface area contributed by atoms with E-state index in [9.17, 15) is 43.8 Å². The first kappa shape index (κ1) is 32.3. The highest BCUT2D eigenvalue weighted by atomic mass is 16.4. The van der Waals surface area contributed by atoms with Crippen molar-refractivity contribution in [2.24, 2.45) is 22.9 Å². The number of phenols is 1. The summed E-state index contributed by atoms with van der Waals surface area (Å²) in [5.41, 5.74) is 21.4. The molecule has 16 nitrogen and oxygen atoms in total. The van der Waals surface area contributed by atoms with Crippen LogP contribution < -0.4 is 38.9 Å². The van der Waals surface area contributed by atoms with E-state index in [0.29, 0.717) is 5.56 Å². The van der Waals surface area contributed by atoms with Crippen LogP contribution in [0.3, 0.4) is 0 Å². The monoisotopic (exact) mass is 551 g/mol. The molecule has 0 saturated carbocycles. The molecule has 1 aromatic carbocycles. The van der Waals surface area contributed by atoms with Gasteiger partial charge in [0.1, 0.15) is 23.9 Å². The fourth-order valence-electron chi connectivity index (χ4n) is 3.28. The zero-order valence-electron chi connectivity index (χ0n) is 20.9. The molecule has 4 unspecified atom stereocenters. The molecule has 0 bridgehead atoms. The molecular weight excluding hydrogens is 518 g/mol. The van der Waals surface area contributed by atoms with Gasteiger partial charge in [-0.3, -0.25) is 28.8 Å². The van der Waals surface area contributed by atoms with E-state index < -0.39 is 72.0 Å². The number of benzene rings is 1. The van der Waals surface area contributed by atoms with Gasteiger partial charge in [0.2, 0.25) is 35.4 Å². The molecule has 16 heteroatoms. The van der Waals surface area contributed by atoms with Crippen LogP contribution in [0.25, 0.3) is 0 Å². The molecule has 0 spiro atoms. The third kappa shape index (κ3) is 12.4. The normalized spacial score (nSPS) is 13.7. The highest BCUT2D eigenvalue weighted by molar-refractivity contribution is 5.96. The summed E-state index contributed by atoms with van der Waals surface area (Å²) in [4.78, 5) is 83.7. The highest BCUT2D eigenvalue weighted by Gasteiger charge is 2.31. The Morgan fingerprint density at radius 2 is 1.18 bits per heavy atom. The SMILES string of the molecule is NC(=O)CCC(N)C(=O)NC(CC(N)=O)C(=O)NC(Cc1ccc(O)cc1)C(=O)NC(CCC(N)=O)C(=O)O. The Morgan fingerprint density at radius 1 is 0.692 bits per heavy atom. The second-order valence-corrected chi connectivity index (χ2v) is 8.68. The minimum atomic E-state index is -1.57. The van der Waals surface area contributed by atoms with Crippen LogP contribution in [-0.2, 0) is 40.0 Å². The van der Waals surface area contributed by atoms with Gasteiger partial charge in [0.05, 0.1) is 12.5 Å². The summed E-state index contributed by atoms with van der Waals surface area (Å²) in [6.45, 7) is 0. The molecule has 0 aliphatic carbocycles. The first-order valence-electron chi connectivity index (χ1n) is 11.7. The van der Waals surface area contributed by atoms with Crippen molar-refractivity contribution in [1.29, 1.82) is 0 Å². The fourth-order valence-corrected chi connectivity index (χ4v) is 3.28. The van der Waals surface area contributed by atoms with Gasteiger partial charge in [0, 0.05) is 19.3 Å². The number of aliphatic carboxylic acids is 1. The molecule has 0 radical (unpaired) electrons. The van der Waals surface area contributed by atoms with Crippen molar-refractivity contribution in [3.8, 4) is 5.75 Å². The van der Waals surface area contributed by atoms with Gasteiger partial charge in [-0.15, -0.1) is 0 Å². The minimum Gasteiger partial charge on any atom is -0.508 e. The molecule has 39 heavy (non-hydrogen) atoms. The van der Waals surface area contributed by atoms with E-state index in [1.165, 1.54) is 24.3 Å². The average Bonchev–Trinajstić information content (AvgIpc) is 2.84. The van der Waals surface area contributed by atoms with Crippen LogP contribution in [0.1, 0.15) is 37.7 Å². The standard InChI is InChI=1S/C23H33N7O9/c24-13(5-7-17(25)32)20(35)29-16(10-19(27)34)22(37)30-15(9-11-1-3-12(31)4-2-11)21(36)28-14(23(38)39)6-8-18(26)33/h1-4,13-16,31H,5-10,24H2,(H2,25,32)(H2,26,33)(H2,27,34)(H,28,36)(H,29,35)(H,30,37)(H,38,39). The Labute approximate surface area is 222 Å². The molecule has 0 heterocycles. The quantitative estimate of drug-likeness (QED) is 0.0909. The second kappa shape index (κ2) is 15.5. The van der Waals surface area contributed by atoms with E-state index >= 15 is 0 Å². The molecule has 214 valence electrons. The summed E-state index contributed by atoms with van der Waals surface area (Å²) >= 11 is 0. The predicted octanol–water partition coefficient (Wildman–Crippen LogP) is -3.79. The lowest BCUT2D eigenvalue weighted by Crippen LogP contribution is -2.58. The number of primary amides is 3. The summed E-state index contributed by atoms with van der Waals surface area (Å²) < 4.78 is 0. The zero-order valence-corrected chi connectivity index (χ0v) is 20.9. The Hall–Kier alpha value is -4.73. The Morgan fingerprint density at radius 3 is 1.69 bits per heavy atom. The first-order chi connectivity index (χ1) is 18.2. The first-order valence-corrected chi connectivity index (χ1v) is 11.7. The minimum absolute atomic E-state index is 0.0712. The van der Waals surface area contributed by atoms with Crippen molar-refractivity contribution >= 4 is 41.4 Å². The van der Waals surface area contributed by atoms with Crippen LogP contribution in [-0.4, -0.2) is 75.8 Å². The van der Waals surface area contributed by atoms with Crippen molar-refractivity contribution in [3.63, 3.8) is 0 Å². The predicted molar refractivity (Wildman–Crippen MR) is 134 cm³/mol. The number of aromatic hydroxyl groups is 1. The molecule has 0 aliphatic rings. The third-order valence-electron chi connectivity index (χ3n) is 5.38. The van der Waals surface area contributed by atoms with Gasteiger partial charge in [-0.25, -0.2) is 4.79 Å². The Kier molecular flexibility index (Phi) is 12.8. The van der Waals surface area contributed by atoms with Gasteiger partial charge in [-0.1, -0.05) is 12.1 Å². The number of amides is 6. The number of hydrogen-bond acceptors (Lipinski definition) is 9. The molecule has 1 rings (SSSR count). The third-order valence-corrected chi connectivity index (χ3v) is 5.38. The van der Waals surface area contributed by atoms with Gasteiger partial charge in [-0.2, -0.15) is 0 Å². The summed E-state index contributed by atoms with van der Waals surface area (Å²) in [6.07, 6.45) is -1.88. The summed E-state index contributed by atoms with van der Waals surface area (Å²) in [6, 6.07) is -0.241. The van der Waals surface area contributed by atoms with Gasteiger partial charge in [0.15, 0.2) is 0 Å². The Balaban J connectivity index is 3.15. The summed E-state index contributed by atoms with van der Waals surface area (Å²) in [5, 5.41) is 25.7. The maximum Gasteiger partial charge on any atom is 0.326 e. The van der Waals surface area contributed by atoms with Crippen molar-refractivity contribution < 1.29 is 43.8 Å². The molecule has 4 atom stereocenters. The number of phenolic OH excluding ortho intramolecular Hbond substituents is 1. The number of carbonyl (C=O) groups excluding carboxylic acids is 6. The number of rotatable bonds is 17. The van der Waals surface area contributed by atoms with Crippen molar-refractivity contribution in [2.45, 2.75) is 62.7 Å². The summed E-state index contributed by atoms with van der Waals surface area (Å²) in [5.74, 6) is -6.87. The zero-order chi connectivity index (χ0) is 29.7. The van der Waals surface area contributed by atoms with Crippen LogP contribution in [0, 0.1) is 0 Å². The van der Waals surface area contributed by atoms with E-state index in [-0.39, 0.29) is 37.9 Å². The Bertz CT molecular complexity index is 1080. The van der Waals surface area contributed by atoms with Crippen LogP contribution >= 0.6 is 0 Å².